The molecule has 1 unspecified atom stereocenters. The van der Waals surface area contributed by atoms with E-state index in [-0.39, 0.29) is 0 Å². The van der Waals surface area contributed by atoms with E-state index in [1.54, 1.807) is 0 Å². The van der Waals surface area contributed by atoms with Crippen molar-refractivity contribution >= 4 is 0 Å². The SMILES string of the molecule is c1ccc(-n2nncc2CNC2CCc3ccccc3OC2)cc1. The number of rotatable bonds is 4. The monoisotopic (exact) mass is 320 g/mol. The number of hydrogen-bond acceptors (Lipinski definition) is 4. The lowest BCUT2D eigenvalue weighted by Crippen LogP contribution is -2.34. The van der Waals surface area contributed by atoms with Gasteiger partial charge in [0.25, 0.3) is 0 Å². The molecule has 122 valence electrons. The van der Waals surface area contributed by atoms with Crippen molar-refractivity contribution in [3.8, 4) is 11.4 Å². The summed E-state index contributed by atoms with van der Waals surface area (Å²) in [4.78, 5) is 0. The number of para-hydroxylation sites is 2. The molecule has 0 fully saturated rings. The summed E-state index contributed by atoms with van der Waals surface area (Å²) in [7, 11) is 0. The smallest absolute Gasteiger partial charge is 0.122 e. The predicted octanol–water partition coefficient (Wildman–Crippen LogP) is 2.75. The number of fused-ring (bicyclic) bond motifs is 1. The highest BCUT2D eigenvalue weighted by atomic mass is 16.5. The second-order valence-electron chi connectivity index (χ2n) is 6.01. The molecule has 2 aromatic carbocycles. The zero-order valence-corrected chi connectivity index (χ0v) is 13.4. The molecule has 5 nitrogen and oxygen atoms in total. The van der Waals surface area contributed by atoms with E-state index in [1.807, 2.05) is 53.3 Å². The van der Waals surface area contributed by atoms with Gasteiger partial charge in [0.1, 0.15) is 12.4 Å². The number of aryl methyl sites for hydroxylation is 1. The first kappa shape index (κ1) is 14.9. The van der Waals surface area contributed by atoms with Gasteiger partial charge in [0.2, 0.25) is 0 Å². The predicted molar refractivity (Wildman–Crippen MR) is 92.2 cm³/mol. The molecule has 0 saturated carbocycles. The maximum absolute atomic E-state index is 5.95. The fourth-order valence-corrected chi connectivity index (χ4v) is 3.03. The molecule has 0 aliphatic carbocycles. The van der Waals surface area contributed by atoms with E-state index in [1.165, 1.54) is 5.56 Å². The third-order valence-electron chi connectivity index (χ3n) is 4.37. The van der Waals surface area contributed by atoms with Gasteiger partial charge in [0.05, 0.1) is 17.6 Å². The minimum atomic E-state index is 0.316. The van der Waals surface area contributed by atoms with E-state index < -0.39 is 0 Å². The van der Waals surface area contributed by atoms with Gasteiger partial charge >= 0.3 is 0 Å². The standard InChI is InChI=1S/C19H20N4O/c1-2-7-17(8-3-1)23-18(13-21-22-23)12-20-16-11-10-15-6-4-5-9-19(15)24-14-16/h1-9,13,16,20H,10-12,14H2. The van der Waals surface area contributed by atoms with Crippen molar-refractivity contribution in [3.05, 3.63) is 72.1 Å². The van der Waals surface area contributed by atoms with Crippen LogP contribution in [0.5, 0.6) is 5.75 Å². The molecule has 1 N–H and O–H groups in total. The molecular weight excluding hydrogens is 300 g/mol. The Morgan fingerprint density at radius 1 is 1.08 bits per heavy atom. The van der Waals surface area contributed by atoms with Crippen molar-refractivity contribution in [1.82, 2.24) is 20.3 Å². The maximum Gasteiger partial charge on any atom is 0.122 e. The molecule has 3 aromatic rings. The Bertz CT molecular complexity index is 773. The topological polar surface area (TPSA) is 52.0 Å². The van der Waals surface area contributed by atoms with E-state index >= 15 is 0 Å². The normalized spacial score (nSPS) is 16.9. The zero-order valence-electron chi connectivity index (χ0n) is 13.4. The van der Waals surface area contributed by atoms with Crippen LogP contribution in [0.4, 0.5) is 0 Å². The molecule has 0 bridgehead atoms. The van der Waals surface area contributed by atoms with E-state index in [2.05, 4.69) is 27.8 Å². The lowest BCUT2D eigenvalue weighted by molar-refractivity contribution is 0.266. The van der Waals surface area contributed by atoms with E-state index in [0.29, 0.717) is 19.2 Å². The fourth-order valence-electron chi connectivity index (χ4n) is 3.03. The molecule has 5 heteroatoms. The van der Waals surface area contributed by atoms with Crippen LogP contribution in [0.2, 0.25) is 0 Å². The lowest BCUT2D eigenvalue weighted by Gasteiger charge is -2.16. The molecule has 24 heavy (non-hydrogen) atoms. The number of ether oxygens (including phenoxy) is 1. The summed E-state index contributed by atoms with van der Waals surface area (Å²) in [6.07, 6.45) is 3.90. The van der Waals surface area contributed by atoms with Crippen molar-refractivity contribution in [2.45, 2.75) is 25.4 Å². The highest BCUT2D eigenvalue weighted by molar-refractivity contribution is 5.34. The minimum Gasteiger partial charge on any atom is -0.492 e. The van der Waals surface area contributed by atoms with Gasteiger partial charge in [-0.15, -0.1) is 5.10 Å². The summed E-state index contributed by atoms with van der Waals surface area (Å²) in [5.74, 6) is 1.01. The highest BCUT2D eigenvalue weighted by Crippen LogP contribution is 2.23. The third-order valence-corrected chi connectivity index (χ3v) is 4.37. The van der Waals surface area contributed by atoms with Crippen LogP contribution in [0.25, 0.3) is 5.69 Å². The van der Waals surface area contributed by atoms with Crippen molar-refractivity contribution in [2.24, 2.45) is 0 Å². The zero-order chi connectivity index (χ0) is 16.2. The molecule has 1 aliphatic rings. The van der Waals surface area contributed by atoms with Crippen LogP contribution in [0.1, 0.15) is 17.7 Å². The van der Waals surface area contributed by atoms with Crippen LogP contribution in [0.3, 0.4) is 0 Å². The molecule has 0 radical (unpaired) electrons. The van der Waals surface area contributed by atoms with Gasteiger partial charge in [-0.25, -0.2) is 4.68 Å². The summed E-state index contributed by atoms with van der Waals surface area (Å²) in [6, 6.07) is 18.7. The fraction of sp³-hybridized carbons (Fsp3) is 0.263. The minimum absolute atomic E-state index is 0.316. The quantitative estimate of drug-likeness (QED) is 0.803. The van der Waals surface area contributed by atoms with E-state index in [9.17, 15) is 0 Å². The summed E-state index contributed by atoms with van der Waals surface area (Å²) in [6.45, 7) is 1.40. The van der Waals surface area contributed by atoms with E-state index in [4.69, 9.17) is 4.74 Å². The maximum atomic E-state index is 5.95. The molecule has 1 aromatic heterocycles. The van der Waals surface area contributed by atoms with E-state index in [0.717, 1.165) is 30.0 Å². The van der Waals surface area contributed by atoms with Crippen molar-refractivity contribution < 1.29 is 4.74 Å². The Kier molecular flexibility index (Phi) is 4.25. The molecule has 0 amide bonds. The Morgan fingerprint density at radius 3 is 2.83 bits per heavy atom. The lowest BCUT2D eigenvalue weighted by atomic mass is 10.1. The average Bonchev–Trinajstić information content (AvgIpc) is 3.01. The van der Waals surface area contributed by atoms with Crippen LogP contribution in [0.15, 0.2) is 60.8 Å². The summed E-state index contributed by atoms with van der Waals surface area (Å²) in [5, 5.41) is 11.8. The second-order valence-corrected chi connectivity index (χ2v) is 6.01. The molecule has 1 aliphatic heterocycles. The third kappa shape index (κ3) is 3.16. The van der Waals surface area contributed by atoms with Gasteiger partial charge < -0.3 is 10.1 Å². The van der Waals surface area contributed by atoms with Crippen LogP contribution in [0, 0.1) is 0 Å². The first-order valence-electron chi connectivity index (χ1n) is 8.29. The number of hydrogen-bond donors (Lipinski definition) is 1. The van der Waals surface area contributed by atoms with Gasteiger partial charge in [-0.2, -0.15) is 0 Å². The summed E-state index contributed by atoms with van der Waals surface area (Å²) < 4.78 is 7.82. The molecular formula is C19H20N4O. The summed E-state index contributed by atoms with van der Waals surface area (Å²) >= 11 is 0. The number of nitrogens with zero attached hydrogens (tertiary/aromatic N) is 3. The van der Waals surface area contributed by atoms with Crippen LogP contribution in [-0.4, -0.2) is 27.6 Å². The molecule has 0 spiro atoms. The second kappa shape index (κ2) is 6.84. The Morgan fingerprint density at radius 2 is 1.92 bits per heavy atom. The van der Waals surface area contributed by atoms with Crippen molar-refractivity contribution in [1.29, 1.82) is 0 Å². The van der Waals surface area contributed by atoms with Crippen molar-refractivity contribution in [3.63, 3.8) is 0 Å². The Hall–Kier alpha value is -2.66. The molecule has 1 atom stereocenters. The first-order chi connectivity index (χ1) is 11.9. The van der Waals surface area contributed by atoms with Crippen LogP contribution < -0.4 is 10.1 Å². The largest absolute Gasteiger partial charge is 0.492 e. The van der Waals surface area contributed by atoms with Crippen LogP contribution in [-0.2, 0) is 13.0 Å². The Balaban J connectivity index is 1.41. The van der Waals surface area contributed by atoms with Crippen LogP contribution >= 0.6 is 0 Å². The van der Waals surface area contributed by atoms with Gasteiger partial charge in [-0.3, -0.25) is 0 Å². The van der Waals surface area contributed by atoms with Gasteiger partial charge in [-0.1, -0.05) is 41.6 Å². The number of benzene rings is 2. The van der Waals surface area contributed by atoms with Gasteiger partial charge in [0.15, 0.2) is 0 Å². The average molecular weight is 320 g/mol. The first-order valence-corrected chi connectivity index (χ1v) is 8.29. The molecule has 4 rings (SSSR count). The Labute approximate surface area is 141 Å². The van der Waals surface area contributed by atoms with Gasteiger partial charge in [-0.05, 0) is 36.6 Å². The highest BCUT2D eigenvalue weighted by Gasteiger charge is 2.17. The molecule has 2 heterocycles. The number of nitrogens with one attached hydrogen (secondary N) is 1. The summed E-state index contributed by atoms with van der Waals surface area (Å²) in [5.41, 5.74) is 3.36. The molecule has 0 saturated heterocycles. The van der Waals surface area contributed by atoms with Crippen molar-refractivity contribution in [2.75, 3.05) is 6.61 Å². The number of aromatic nitrogens is 3. The van der Waals surface area contributed by atoms with Gasteiger partial charge in [0, 0.05) is 12.6 Å².